The Morgan fingerprint density at radius 2 is 1.68 bits per heavy atom. The van der Waals surface area contributed by atoms with Crippen LogP contribution in [0, 0.1) is 0 Å². The second-order valence-electron chi connectivity index (χ2n) is 8.14. The molecule has 0 bridgehead atoms. The first-order valence-electron chi connectivity index (χ1n) is 10.9. The van der Waals surface area contributed by atoms with Crippen molar-refractivity contribution < 1.29 is 22.7 Å². The molecule has 5 rings (SSSR count). The number of nitrogens with one attached hydrogen (secondary N) is 1. The molecule has 1 aliphatic heterocycles. The highest BCUT2D eigenvalue weighted by Gasteiger charge is 2.47. The fraction of sp³-hybridized carbons (Fsp3) is 0.148. The summed E-state index contributed by atoms with van der Waals surface area (Å²) in [6, 6.07) is 26.6. The first-order valence-corrected chi connectivity index (χ1v) is 12.4. The van der Waals surface area contributed by atoms with Gasteiger partial charge in [-0.2, -0.15) is 0 Å². The summed E-state index contributed by atoms with van der Waals surface area (Å²) in [5.74, 6) is 0.437. The van der Waals surface area contributed by atoms with Crippen LogP contribution in [-0.4, -0.2) is 28.0 Å². The standard InChI is InChI=1S/C27H23NO5S/c1-32-21-14-15-24-23(18-21)27(16-17-33-24,20-10-3-2-4-11-20)26(29)28-34(30,31)25-13-7-9-19-8-5-6-12-22(19)25/h2-15,18H,16-17H2,1H3,(H,28,29)/t27-/m0/s1. The van der Waals surface area contributed by atoms with Crippen molar-refractivity contribution in [2.45, 2.75) is 16.7 Å². The van der Waals surface area contributed by atoms with Crippen LogP contribution in [0.1, 0.15) is 17.5 Å². The summed E-state index contributed by atoms with van der Waals surface area (Å²) < 4.78 is 40.7. The lowest BCUT2D eigenvalue weighted by Crippen LogP contribution is -2.50. The number of sulfonamides is 1. The average Bonchev–Trinajstić information content (AvgIpc) is 2.87. The van der Waals surface area contributed by atoms with Crippen molar-refractivity contribution in [1.82, 2.24) is 4.72 Å². The molecule has 0 aromatic heterocycles. The summed E-state index contributed by atoms with van der Waals surface area (Å²) in [5, 5.41) is 1.32. The summed E-state index contributed by atoms with van der Waals surface area (Å²) in [6.07, 6.45) is 0.272. The molecule has 172 valence electrons. The lowest BCUT2D eigenvalue weighted by Gasteiger charge is -2.38. The summed E-state index contributed by atoms with van der Waals surface area (Å²) in [4.78, 5) is 14.1. The van der Waals surface area contributed by atoms with Crippen LogP contribution in [0.25, 0.3) is 10.8 Å². The van der Waals surface area contributed by atoms with Crippen LogP contribution in [0.15, 0.2) is 95.9 Å². The van der Waals surface area contributed by atoms with Crippen LogP contribution in [-0.2, 0) is 20.2 Å². The Hall–Kier alpha value is -3.84. The molecule has 6 nitrogen and oxygen atoms in total. The van der Waals surface area contributed by atoms with E-state index in [0.29, 0.717) is 28.0 Å². The molecule has 4 aromatic carbocycles. The largest absolute Gasteiger partial charge is 0.497 e. The van der Waals surface area contributed by atoms with Gasteiger partial charge >= 0.3 is 0 Å². The molecule has 1 aliphatic rings. The van der Waals surface area contributed by atoms with Gasteiger partial charge in [0.15, 0.2) is 0 Å². The van der Waals surface area contributed by atoms with E-state index >= 15 is 0 Å². The van der Waals surface area contributed by atoms with Gasteiger partial charge in [-0.15, -0.1) is 0 Å². The van der Waals surface area contributed by atoms with Crippen LogP contribution in [0.4, 0.5) is 0 Å². The van der Waals surface area contributed by atoms with E-state index in [-0.39, 0.29) is 17.9 Å². The summed E-state index contributed by atoms with van der Waals surface area (Å²) >= 11 is 0. The normalized spacial score (nSPS) is 17.4. The van der Waals surface area contributed by atoms with E-state index in [2.05, 4.69) is 4.72 Å². The molecule has 4 aromatic rings. The topological polar surface area (TPSA) is 81.7 Å². The maximum atomic E-state index is 14.0. The zero-order valence-corrected chi connectivity index (χ0v) is 19.3. The van der Waals surface area contributed by atoms with Crippen molar-refractivity contribution in [3.8, 4) is 11.5 Å². The lowest BCUT2D eigenvalue weighted by atomic mass is 9.70. The molecule has 1 atom stereocenters. The molecular weight excluding hydrogens is 450 g/mol. The van der Waals surface area contributed by atoms with E-state index in [1.807, 2.05) is 48.5 Å². The number of hydrogen-bond acceptors (Lipinski definition) is 5. The Bertz CT molecular complexity index is 1480. The Balaban J connectivity index is 1.66. The minimum Gasteiger partial charge on any atom is -0.497 e. The predicted molar refractivity (Wildman–Crippen MR) is 130 cm³/mol. The fourth-order valence-corrected chi connectivity index (χ4v) is 5.89. The van der Waals surface area contributed by atoms with E-state index in [4.69, 9.17) is 9.47 Å². The Kier molecular flexibility index (Phi) is 5.49. The zero-order chi connectivity index (χ0) is 23.8. The SMILES string of the molecule is COc1ccc2c(c1)[C@@](C(=O)NS(=O)(=O)c1cccc3ccccc13)(c1ccccc1)CCO2. The molecule has 0 radical (unpaired) electrons. The third-order valence-electron chi connectivity index (χ3n) is 6.30. The van der Waals surface area contributed by atoms with Crippen molar-refractivity contribution in [3.05, 3.63) is 102 Å². The van der Waals surface area contributed by atoms with Gasteiger partial charge in [-0.1, -0.05) is 66.7 Å². The molecule has 34 heavy (non-hydrogen) atoms. The molecule has 0 spiro atoms. The molecule has 0 unspecified atom stereocenters. The predicted octanol–water partition coefficient (Wildman–Crippen LogP) is 4.42. The van der Waals surface area contributed by atoms with E-state index in [1.54, 1.807) is 43.5 Å². The van der Waals surface area contributed by atoms with Gasteiger partial charge in [0.2, 0.25) is 5.91 Å². The van der Waals surface area contributed by atoms with Gasteiger partial charge in [0.25, 0.3) is 10.0 Å². The zero-order valence-electron chi connectivity index (χ0n) is 18.5. The van der Waals surface area contributed by atoms with Crippen LogP contribution < -0.4 is 14.2 Å². The van der Waals surface area contributed by atoms with E-state index in [0.717, 1.165) is 5.39 Å². The number of hydrogen-bond donors (Lipinski definition) is 1. The minimum atomic E-state index is -4.17. The van der Waals surface area contributed by atoms with Gasteiger partial charge < -0.3 is 9.47 Å². The van der Waals surface area contributed by atoms with Gasteiger partial charge in [-0.05, 0) is 35.2 Å². The first-order chi connectivity index (χ1) is 16.5. The van der Waals surface area contributed by atoms with Gasteiger partial charge in [-0.25, -0.2) is 13.1 Å². The summed E-state index contributed by atoms with van der Waals surface area (Å²) in [6.45, 7) is 0.260. The second kappa shape index (κ2) is 8.50. The quantitative estimate of drug-likeness (QED) is 0.464. The van der Waals surface area contributed by atoms with Gasteiger partial charge in [-0.3, -0.25) is 4.79 Å². The molecule has 7 heteroatoms. The second-order valence-corrected chi connectivity index (χ2v) is 9.79. The molecule has 0 saturated carbocycles. The van der Waals surface area contributed by atoms with Crippen LogP contribution in [0.3, 0.4) is 0 Å². The Labute approximate surface area is 198 Å². The Morgan fingerprint density at radius 1 is 0.941 bits per heavy atom. The van der Waals surface area contributed by atoms with Crippen LogP contribution in [0.5, 0.6) is 11.5 Å². The maximum absolute atomic E-state index is 14.0. The van der Waals surface area contributed by atoms with Crippen molar-refractivity contribution in [1.29, 1.82) is 0 Å². The monoisotopic (exact) mass is 473 g/mol. The number of carbonyl (C=O) groups is 1. The molecular formula is C27H23NO5S. The van der Waals surface area contributed by atoms with Gasteiger partial charge in [0.05, 0.1) is 18.6 Å². The summed E-state index contributed by atoms with van der Waals surface area (Å²) in [5.41, 5.74) is -0.0329. The smallest absolute Gasteiger partial charge is 0.264 e. The maximum Gasteiger partial charge on any atom is 0.264 e. The van der Waals surface area contributed by atoms with Crippen molar-refractivity contribution in [2.24, 2.45) is 0 Å². The molecule has 1 heterocycles. The number of amides is 1. The third-order valence-corrected chi connectivity index (χ3v) is 7.69. The first kappa shape index (κ1) is 22.0. The number of methoxy groups -OCH3 is 1. The van der Waals surface area contributed by atoms with Crippen molar-refractivity contribution in [2.75, 3.05) is 13.7 Å². The number of benzene rings is 4. The van der Waals surface area contributed by atoms with Crippen molar-refractivity contribution >= 4 is 26.7 Å². The van der Waals surface area contributed by atoms with Gasteiger partial charge in [0.1, 0.15) is 16.9 Å². The van der Waals surface area contributed by atoms with Gasteiger partial charge in [0, 0.05) is 17.4 Å². The highest BCUT2D eigenvalue weighted by atomic mass is 32.2. The third kappa shape index (κ3) is 3.58. The molecule has 1 N–H and O–H groups in total. The Morgan fingerprint density at radius 3 is 2.47 bits per heavy atom. The van der Waals surface area contributed by atoms with Crippen LogP contribution in [0.2, 0.25) is 0 Å². The van der Waals surface area contributed by atoms with E-state index in [9.17, 15) is 13.2 Å². The highest BCUT2D eigenvalue weighted by Crippen LogP contribution is 2.45. The minimum absolute atomic E-state index is 0.0556. The van der Waals surface area contributed by atoms with Crippen molar-refractivity contribution in [3.63, 3.8) is 0 Å². The highest BCUT2D eigenvalue weighted by molar-refractivity contribution is 7.90. The molecule has 0 aliphatic carbocycles. The number of ether oxygens (including phenoxy) is 2. The number of rotatable bonds is 5. The average molecular weight is 474 g/mol. The number of fused-ring (bicyclic) bond motifs is 2. The van der Waals surface area contributed by atoms with E-state index < -0.39 is 21.3 Å². The van der Waals surface area contributed by atoms with Crippen LogP contribution >= 0.6 is 0 Å². The number of carbonyl (C=O) groups excluding carboxylic acids is 1. The molecule has 1 amide bonds. The molecule has 0 fully saturated rings. The molecule has 0 saturated heterocycles. The fourth-order valence-electron chi connectivity index (χ4n) is 4.63. The lowest BCUT2D eigenvalue weighted by molar-refractivity contribution is -0.124. The van der Waals surface area contributed by atoms with E-state index in [1.165, 1.54) is 6.07 Å². The summed E-state index contributed by atoms with van der Waals surface area (Å²) in [7, 11) is -2.63.